The molecule has 1 aliphatic heterocycles. The molecular weight excluding hydrogens is 449 g/mol. The minimum absolute atomic E-state index is 0.00343. The van der Waals surface area contributed by atoms with Crippen LogP contribution in [0.15, 0.2) is 66.7 Å². The van der Waals surface area contributed by atoms with Gasteiger partial charge in [-0.3, -0.25) is 0 Å². The Labute approximate surface area is 193 Å². The van der Waals surface area contributed by atoms with Crippen LogP contribution >= 0.6 is 11.6 Å². The van der Waals surface area contributed by atoms with E-state index >= 15 is 4.39 Å². The van der Waals surface area contributed by atoms with Crippen molar-refractivity contribution >= 4 is 33.2 Å². The van der Waals surface area contributed by atoms with E-state index in [2.05, 4.69) is 5.32 Å². The van der Waals surface area contributed by atoms with Crippen LogP contribution in [-0.2, 0) is 23.2 Å². The average molecular weight is 474 g/mol. The zero-order valence-corrected chi connectivity index (χ0v) is 19.3. The van der Waals surface area contributed by atoms with Crippen molar-refractivity contribution in [2.75, 3.05) is 24.4 Å². The van der Waals surface area contributed by atoms with Crippen molar-refractivity contribution < 1.29 is 12.8 Å². The molecule has 8 heteroatoms. The van der Waals surface area contributed by atoms with Crippen molar-refractivity contribution in [3.05, 3.63) is 94.3 Å². The molecule has 0 bridgehead atoms. The van der Waals surface area contributed by atoms with E-state index in [0.29, 0.717) is 36.6 Å². The number of fused-ring (bicyclic) bond motifs is 1. The Hall–Kier alpha value is -2.45. The van der Waals surface area contributed by atoms with Crippen molar-refractivity contribution in [3.63, 3.8) is 0 Å². The fourth-order valence-corrected chi connectivity index (χ4v) is 5.84. The summed E-state index contributed by atoms with van der Waals surface area (Å²) in [5, 5.41) is 3.54. The molecule has 0 atom stereocenters. The van der Waals surface area contributed by atoms with E-state index in [4.69, 9.17) is 11.6 Å². The molecular formula is C24H25ClFN3O2S. The van der Waals surface area contributed by atoms with Crippen LogP contribution in [0.3, 0.4) is 0 Å². The third-order valence-corrected chi connectivity index (χ3v) is 7.53. The summed E-state index contributed by atoms with van der Waals surface area (Å²) < 4.78 is 44.8. The predicted molar refractivity (Wildman–Crippen MR) is 127 cm³/mol. The van der Waals surface area contributed by atoms with Gasteiger partial charge in [0.2, 0.25) is 0 Å². The SMILES string of the molecule is CNCCCN1Cc2cc(Cl)ccc2N(c2ccc(Cc3ccccc3)cc2F)S1(=O)=O. The summed E-state index contributed by atoms with van der Waals surface area (Å²) in [4.78, 5) is 0. The highest BCUT2D eigenvalue weighted by molar-refractivity contribution is 7.90. The van der Waals surface area contributed by atoms with Gasteiger partial charge in [0.1, 0.15) is 5.82 Å². The molecule has 3 aromatic carbocycles. The van der Waals surface area contributed by atoms with Gasteiger partial charge in [-0.05, 0) is 73.5 Å². The van der Waals surface area contributed by atoms with Crippen molar-refractivity contribution in [1.82, 2.24) is 9.62 Å². The largest absolute Gasteiger partial charge is 0.320 e. The number of rotatable bonds is 7. The molecule has 3 aromatic rings. The lowest BCUT2D eigenvalue weighted by Crippen LogP contribution is -2.46. The van der Waals surface area contributed by atoms with Crippen LogP contribution in [0, 0.1) is 5.82 Å². The summed E-state index contributed by atoms with van der Waals surface area (Å²) in [5.74, 6) is -0.583. The molecule has 0 unspecified atom stereocenters. The number of anilines is 2. The van der Waals surface area contributed by atoms with Crippen molar-refractivity contribution in [1.29, 1.82) is 0 Å². The fourth-order valence-electron chi connectivity index (χ4n) is 3.93. The van der Waals surface area contributed by atoms with Gasteiger partial charge in [0.25, 0.3) is 0 Å². The van der Waals surface area contributed by atoms with E-state index in [-0.39, 0.29) is 12.2 Å². The zero-order valence-electron chi connectivity index (χ0n) is 17.8. The molecule has 0 aliphatic carbocycles. The van der Waals surface area contributed by atoms with Gasteiger partial charge in [0, 0.05) is 18.1 Å². The van der Waals surface area contributed by atoms with Crippen molar-refractivity contribution in [3.8, 4) is 0 Å². The van der Waals surface area contributed by atoms with Crippen LogP contribution in [0.5, 0.6) is 0 Å². The number of halogens is 2. The molecule has 1 N–H and O–H groups in total. The van der Waals surface area contributed by atoms with Crippen molar-refractivity contribution in [2.24, 2.45) is 0 Å². The lowest BCUT2D eigenvalue weighted by molar-refractivity contribution is 0.392. The van der Waals surface area contributed by atoms with Gasteiger partial charge in [-0.25, -0.2) is 8.70 Å². The Morgan fingerprint density at radius 1 is 1.00 bits per heavy atom. The van der Waals surface area contributed by atoms with Gasteiger partial charge in [-0.15, -0.1) is 0 Å². The summed E-state index contributed by atoms with van der Waals surface area (Å²) in [6.07, 6.45) is 1.20. The summed E-state index contributed by atoms with van der Waals surface area (Å²) in [7, 11) is -2.14. The standard InChI is InChI=1S/C24H25ClFN3O2S/c1-27-12-5-13-28-17-20-16-21(25)9-11-23(20)29(32(28,30)31)24-10-8-19(15-22(24)26)14-18-6-3-2-4-7-18/h2-4,6-11,15-16,27H,5,12-14,17H2,1H3. The molecule has 0 fully saturated rings. The summed E-state index contributed by atoms with van der Waals surface area (Å²) in [6.45, 7) is 1.20. The molecule has 0 saturated carbocycles. The van der Waals surface area contributed by atoms with Crippen LogP contribution in [0.25, 0.3) is 0 Å². The van der Waals surface area contributed by atoms with Gasteiger partial charge in [0.15, 0.2) is 0 Å². The maximum Gasteiger partial charge on any atom is 0.308 e. The molecule has 1 aliphatic rings. The average Bonchev–Trinajstić information content (AvgIpc) is 2.76. The Morgan fingerprint density at radius 3 is 2.47 bits per heavy atom. The van der Waals surface area contributed by atoms with Gasteiger partial charge in [-0.2, -0.15) is 12.7 Å². The maximum atomic E-state index is 15.3. The Bertz CT molecular complexity index is 1210. The van der Waals surface area contributed by atoms with E-state index in [0.717, 1.165) is 21.0 Å². The Morgan fingerprint density at radius 2 is 1.75 bits per heavy atom. The maximum absolute atomic E-state index is 15.3. The molecule has 0 saturated heterocycles. The quantitative estimate of drug-likeness (QED) is 0.498. The second-order valence-electron chi connectivity index (χ2n) is 7.78. The number of nitrogens with zero attached hydrogens (tertiary/aromatic N) is 2. The number of benzene rings is 3. The normalized spacial score (nSPS) is 15.5. The van der Waals surface area contributed by atoms with Crippen LogP contribution < -0.4 is 9.62 Å². The van der Waals surface area contributed by atoms with Gasteiger partial charge in [-0.1, -0.05) is 48.0 Å². The molecule has 0 spiro atoms. The topological polar surface area (TPSA) is 52.6 Å². The van der Waals surface area contributed by atoms with Crippen molar-refractivity contribution in [2.45, 2.75) is 19.4 Å². The fraction of sp³-hybridized carbons (Fsp3) is 0.250. The third-order valence-electron chi connectivity index (χ3n) is 5.48. The molecule has 168 valence electrons. The molecule has 4 rings (SSSR count). The first-order valence-corrected chi connectivity index (χ1v) is 12.2. The van der Waals surface area contributed by atoms with Crippen LogP contribution in [-0.4, -0.2) is 32.9 Å². The van der Waals surface area contributed by atoms with E-state index in [1.54, 1.807) is 30.3 Å². The van der Waals surface area contributed by atoms with E-state index in [1.807, 2.05) is 37.4 Å². The highest BCUT2D eigenvalue weighted by atomic mass is 35.5. The van der Waals surface area contributed by atoms with E-state index in [1.165, 1.54) is 10.4 Å². The van der Waals surface area contributed by atoms with Gasteiger partial charge < -0.3 is 5.32 Å². The molecule has 1 heterocycles. The first kappa shape index (κ1) is 22.7. The smallest absolute Gasteiger partial charge is 0.308 e. The Balaban J connectivity index is 1.73. The van der Waals surface area contributed by atoms with Crippen LogP contribution in [0.2, 0.25) is 5.02 Å². The molecule has 32 heavy (non-hydrogen) atoms. The van der Waals surface area contributed by atoms with Gasteiger partial charge >= 0.3 is 10.2 Å². The highest BCUT2D eigenvalue weighted by Gasteiger charge is 2.38. The van der Waals surface area contributed by atoms with Crippen LogP contribution in [0.1, 0.15) is 23.1 Å². The molecule has 0 amide bonds. The Kier molecular flexibility index (Phi) is 6.81. The van der Waals surface area contributed by atoms with E-state index < -0.39 is 16.0 Å². The zero-order chi connectivity index (χ0) is 22.7. The monoisotopic (exact) mass is 473 g/mol. The number of hydrogen-bond acceptors (Lipinski definition) is 3. The van der Waals surface area contributed by atoms with E-state index in [9.17, 15) is 8.42 Å². The lowest BCUT2D eigenvalue weighted by atomic mass is 10.0. The second-order valence-corrected chi connectivity index (χ2v) is 10.00. The van der Waals surface area contributed by atoms with Crippen LogP contribution in [0.4, 0.5) is 15.8 Å². The predicted octanol–water partition coefficient (Wildman–Crippen LogP) is 4.88. The minimum Gasteiger partial charge on any atom is -0.320 e. The summed E-state index contributed by atoms with van der Waals surface area (Å²) >= 11 is 6.17. The lowest BCUT2D eigenvalue weighted by Gasteiger charge is -2.37. The second kappa shape index (κ2) is 9.58. The third kappa shape index (κ3) is 4.66. The number of nitrogens with one attached hydrogen (secondary N) is 1. The van der Waals surface area contributed by atoms with Gasteiger partial charge in [0.05, 0.1) is 11.4 Å². The summed E-state index contributed by atoms with van der Waals surface area (Å²) in [6, 6.07) is 19.5. The summed E-state index contributed by atoms with van der Waals surface area (Å²) in [5.41, 5.74) is 3.00. The number of hydrogen-bond donors (Lipinski definition) is 1. The molecule has 0 aromatic heterocycles. The minimum atomic E-state index is -3.96. The molecule has 5 nitrogen and oxygen atoms in total. The first-order chi connectivity index (χ1) is 15.4. The first-order valence-electron chi connectivity index (χ1n) is 10.5. The highest BCUT2D eigenvalue weighted by Crippen LogP contribution is 2.40. The molecule has 0 radical (unpaired) electrons.